The first-order valence-corrected chi connectivity index (χ1v) is 28.4. The number of fused-ring (bicyclic) bond motifs is 9. The molecule has 3 heterocycles. The second-order valence-corrected chi connectivity index (χ2v) is 30.5. The number of benzene rings is 5. The molecular formula is C70H87BN2O. The van der Waals surface area contributed by atoms with Gasteiger partial charge in [-0.3, -0.25) is 0 Å². The Morgan fingerprint density at radius 3 is 1.49 bits per heavy atom. The lowest BCUT2D eigenvalue weighted by Crippen LogP contribution is -2.61. The fourth-order valence-electron chi connectivity index (χ4n) is 14.9. The zero-order valence-electron chi connectivity index (χ0n) is 53.7. The van der Waals surface area contributed by atoms with Crippen molar-refractivity contribution < 1.29 is 11.3 Å². The van der Waals surface area contributed by atoms with Crippen molar-refractivity contribution in [3.05, 3.63) is 135 Å². The van der Waals surface area contributed by atoms with E-state index < -0.39 is 0 Å². The first-order chi connectivity index (χ1) is 36.3. The molecule has 74 heavy (non-hydrogen) atoms. The van der Waals surface area contributed by atoms with E-state index in [1.807, 2.05) is 0 Å². The molecule has 0 unspecified atom stereocenters. The minimum Gasteiger partial charge on any atom is -0.472 e. The van der Waals surface area contributed by atoms with E-state index in [1.165, 1.54) is 61.1 Å². The van der Waals surface area contributed by atoms with Crippen molar-refractivity contribution in [2.75, 3.05) is 9.80 Å². The van der Waals surface area contributed by atoms with Gasteiger partial charge < -0.3 is 14.2 Å². The first kappa shape index (κ1) is 44.2. The fourth-order valence-corrected chi connectivity index (χ4v) is 14.9. The molecule has 0 saturated heterocycles. The predicted octanol–water partition coefficient (Wildman–Crippen LogP) is 17.7. The Bertz CT molecular complexity index is 3620. The van der Waals surface area contributed by atoms with Crippen LogP contribution in [-0.4, -0.2) is 6.71 Å². The van der Waals surface area contributed by atoms with E-state index in [9.17, 15) is 5.48 Å². The maximum absolute atomic E-state index is 9.77. The summed E-state index contributed by atoms with van der Waals surface area (Å²) in [5.74, 6) is 1.09. The Morgan fingerprint density at radius 1 is 0.473 bits per heavy atom. The third kappa shape index (κ3) is 7.16. The van der Waals surface area contributed by atoms with Crippen LogP contribution < -0.4 is 26.4 Å². The molecule has 1 aromatic heterocycles. The molecule has 0 saturated carbocycles. The number of rotatable bonds is 3. The van der Waals surface area contributed by atoms with Crippen LogP contribution in [0.2, 0.25) is 0 Å². The molecule has 0 N–H and O–H groups in total. The summed E-state index contributed by atoms with van der Waals surface area (Å²) >= 11 is 0. The molecule has 12 rings (SSSR count). The summed E-state index contributed by atoms with van der Waals surface area (Å²) in [6, 6.07) is 20.7. The van der Waals surface area contributed by atoms with Crippen molar-refractivity contribution in [2.45, 2.75) is 232 Å². The minimum atomic E-state index is -0.383. The van der Waals surface area contributed by atoms with Crippen LogP contribution in [0.25, 0.3) is 11.1 Å². The molecule has 5 aromatic carbocycles. The largest absolute Gasteiger partial charge is 0.472 e. The van der Waals surface area contributed by atoms with Gasteiger partial charge in [0, 0.05) is 39.3 Å². The smallest absolute Gasteiger partial charge is 0.297 e. The SMILES string of the molecule is [2H]c1c([2H])c([2H])c(-c2cc3c(cc2N2c4cc5c(cc4B4c6oc7c(c6N(c6ccc8c(c6)C(C)(C)CCC8(C)C)c6cc(C(C)(C)C)cc2c64)C(C)(C)CCC7(C)C)C(C)(C)CCC5(C)C)C(C)(C)CCC3(C)C)c([2H])c1[2H]. The quantitative estimate of drug-likeness (QED) is 0.165. The van der Waals surface area contributed by atoms with Crippen LogP contribution in [0.4, 0.5) is 34.1 Å². The average Bonchev–Trinajstić information content (AvgIpc) is 3.82. The van der Waals surface area contributed by atoms with Gasteiger partial charge in [-0.15, -0.1) is 0 Å². The lowest BCUT2D eigenvalue weighted by molar-refractivity contribution is 0.282. The summed E-state index contributed by atoms with van der Waals surface area (Å²) in [7, 11) is 0. The molecule has 0 atom stereocenters. The Morgan fingerprint density at radius 2 is 0.932 bits per heavy atom. The van der Waals surface area contributed by atoms with E-state index in [2.05, 4.69) is 196 Å². The third-order valence-corrected chi connectivity index (χ3v) is 20.5. The van der Waals surface area contributed by atoms with E-state index >= 15 is 0 Å². The molecule has 2 aliphatic heterocycles. The van der Waals surface area contributed by atoms with Crippen molar-refractivity contribution in [2.24, 2.45) is 0 Å². The van der Waals surface area contributed by atoms with E-state index in [1.54, 1.807) is 0 Å². The maximum Gasteiger partial charge on any atom is 0.297 e. The molecule has 6 aliphatic rings. The highest BCUT2D eigenvalue weighted by molar-refractivity contribution is 6.99. The average molecular weight is 988 g/mol. The Hall–Kier alpha value is -4.96. The molecular weight excluding hydrogens is 896 g/mol. The molecule has 0 spiro atoms. The number of anilines is 6. The van der Waals surface area contributed by atoms with E-state index in [0.717, 1.165) is 91.2 Å². The molecule has 4 heteroatoms. The van der Waals surface area contributed by atoms with Crippen LogP contribution in [0, 0.1) is 0 Å². The van der Waals surface area contributed by atoms with Crippen molar-refractivity contribution in [3.63, 3.8) is 0 Å². The highest BCUT2D eigenvalue weighted by Crippen LogP contribution is 2.59. The normalized spacial score (nSPS) is 23.3. The van der Waals surface area contributed by atoms with E-state index in [4.69, 9.17) is 5.79 Å². The van der Waals surface area contributed by atoms with Gasteiger partial charge in [0.15, 0.2) is 0 Å². The molecule has 0 radical (unpaired) electrons. The van der Waals surface area contributed by atoms with Crippen molar-refractivity contribution in [1.29, 1.82) is 0 Å². The molecule has 6 aromatic rings. The molecule has 386 valence electrons. The van der Waals surface area contributed by atoms with Gasteiger partial charge in [0.1, 0.15) is 5.76 Å². The second-order valence-electron chi connectivity index (χ2n) is 30.5. The van der Waals surface area contributed by atoms with Crippen LogP contribution in [0.15, 0.2) is 89.2 Å². The number of hydrogen-bond donors (Lipinski definition) is 0. The minimum absolute atomic E-state index is 0.0320. The Balaban J connectivity index is 1.30. The van der Waals surface area contributed by atoms with Crippen molar-refractivity contribution in [1.82, 2.24) is 0 Å². The molecule has 3 nitrogen and oxygen atoms in total. The zero-order chi connectivity index (χ0) is 57.4. The summed E-state index contributed by atoms with van der Waals surface area (Å²) in [6.07, 6.45) is 8.37. The van der Waals surface area contributed by atoms with Gasteiger partial charge >= 0.3 is 0 Å². The summed E-state index contributed by atoms with van der Waals surface area (Å²) in [4.78, 5) is 5.14. The van der Waals surface area contributed by atoms with E-state index in [0.29, 0.717) is 5.56 Å². The molecule has 0 bridgehead atoms. The zero-order valence-corrected chi connectivity index (χ0v) is 48.7. The summed E-state index contributed by atoms with van der Waals surface area (Å²) in [5, 5.41) is 0. The molecule has 0 amide bonds. The standard InChI is InChI=1S/C70H87BN2O/c1-62(2,3)43-35-55-58-56(36-43)73(53-40-50-48(65(8,9)29-31-67(50,12)13)38-45(53)42-23-21-20-22-24-42)54-41-51-49(66(10,11)30-32-68(51,14)15)39-52(54)71(58)61-59(57-60(74-61)70(18,19)34-33-69(57,16)17)72(55)44-25-26-46-47(37-44)64(6,7)28-27-63(46,4)5/h20-26,35-41H,27-34H2,1-19H3/i20D,21D,22D,23D,24D. The molecule has 0 fully saturated rings. The van der Waals surface area contributed by atoms with Crippen LogP contribution in [0.3, 0.4) is 0 Å². The lowest BCUT2D eigenvalue weighted by atomic mass is 9.34. The third-order valence-electron chi connectivity index (χ3n) is 20.5. The number of hydrogen-bond acceptors (Lipinski definition) is 3. The van der Waals surface area contributed by atoms with Crippen LogP contribution in [0.1, 0.15) is 240 Å². The van der Waals surface area contributed by atoms with Gasteiger partial charge in [0.25, 0.3) is 6.71 Å². The summed E-state index contributed by atoms with van der Waals surface area (Å²) in [5.41, 5.74) is 19.7. The Labute approximate surface area is 454 Å². The van der Waals surface area contributed by atoms with Gasteiger partial charge in [-0.1, -0.05) is 174 Å². The van der Waals surface area contributed by atoms with Crippen LogP contribution in [0.5, 0.6) is 0 Å². The second kappa shape index (κ2) is 15.4. The summed E-state index contributed by atoms with van der Waals surface area (Å²) < 4.78 is 54.7. The van der Waals surface area contributed by atoms with Gasteiger partial charge in [0.05, 0.1) is 23.9 Å². The topological polar surface area (TPSA) is 19.6 Å². The van der Waals surface area contributed by atoms with Crippen molar-refractivity contribution in [3.8, 4) is 11.1 Å². The monoisotopic (exact) mass is 988 g/mol. The van der Waals surface area contributed by atoms with Gasteiger partial charge in [0.2, 0.25) is 0 Å². The highest BCUT2D eigenvalue weighted by Gasteiger charge is 2.54. The van der Waals surface area contributed by atoms with Crippen LogP contribution in [-0.2, 0) is 48.7 Å². The van der Waals surface area contributed by atoms with Gasteiger partial charge in [-0.25, -0.2) is 0 Å². The van der Waals surface area contributed by atoms with E-state index in [-0.39, 0.29) is 91.2 Å². The van der Waals surface area contributed by atoms with Crippen LogP contribution >= 0.6 is 0 Å². The number of furan rings is 1. The fraction of sp³-hybridized carbons (Fsp3) is 0.514. The Kier molecular flexibility index (Phi) is 9.18. The predicted molar refractivity (Wildman–Crippen MR) is 318 cm³/mol. The summed E-state index contributed by atoms with van der Waals surface area (Å²) in [6.45, 7) is 45.1. The van der Waals surface area contributed by atoms with Gasteiger partial charge in [-0.05, 0) is 193 Å². The number of nitrogens with zero attached hydrogens (tertiary/aromatic N) is 2. The highest BCUT2D eigenvalue weighted by atomic mass is 16.3. The lowest BCUT2D eigenvalue weighted by Gasteiger charge is -2.48. The van der Waals surface area contributed by atoms with Gasteiger partial charge in [-0.2, -0.15) is 0 Å². The maximum atomic E-state index is 9.77. The van der Waals surface area contributed by atoms with Crippen molar-refractivity contribution >= 4 is 57.4 Å². The first-order valence-electron chi connectivity index (χ1n) is 30.9. The molecule has 4 aliphatic carbocycles.